The SMILES string of the molecule is CNCC(=O)N1CCc2cc(Cl)cc(Cl)c2C1.Cl. The summed E-state index contributed by atoms with van der Waals surface area (Å²) in [7, 11) is 1.77. The van der Waals surface area contributed by atoms with E-state index in [0.717, 1.165) is 24.1 Å². The maximum absolute atomic E-state index is 11.8. The molecule has 18 heavy (non-hydrogen) atoms. The van der Waals surface area contributed by atoms with Crippen LogP contribution >= 0.6 is 35.6 Å². The minimum atomic E-state index is 0. The van der Waals surface area contributed by atoms with Crippen molar-refractivity contribution in [3.8, 4) is 0 Å². The standard InChI is InChI=1S/C12H14Cl2N2O.ClH/c1-15-6-12(17)16-3-2-8-4-9(13)5-11(14)10(8)7-16;/h4-5,15H,2-3,6-7H2,1H3;1H. The van der Waals surface area contributed by atoms with Crippen LogP contribution in [-0.4, -0.2) is 30.9 Å². The number of carbonyl (C=O) groups excluding carboxylic acids is 1. The molecule has 1 aliphatic rings. The number of hydrogen-bond donors (Lipinski definition) is 1. The lowest BCUT2D eigenvalue weighted by molar-refractivity contribution is -0.131. The second-order valence-electron chi connectivity index (χ2n) is 4.12. The lowest BCUT2D eigenvalue weighted by Gasteiger charge is -2.29. The van der Waals surface area contributed by atoms with E-state index in [1.807, 2.05) is 11.0 Å². The highest BCUT2D eigenvalue weighted by Gasteiger charge is 2.22. The molecule has 0 fully saturated rings. The van der Waals surface area contributed by atoms with Crippen molar-refractivity contribution < 1.29 is 4.79 Å². The summed E-state index contributed by atoms with van der Waals surface area (Å²) in [6.07, 6.45) is 0.811. The summed E-state index contributed by atoms with van der Waals surface area (Å²) in [6.45, 7) is 1.66. The van der Waals surface area contributed by atoms with E-state index in [4.69, 9.17) is 23.2 Å². The molecule has 1 heterocycles. The molecule has 3 nitrogen and oxygen atoms in total. The van der Waals surface area contributed by atoms with Gasteiger partial charge in [-0.1, -0.05) is 23.2 Å². The zero-order valence-corrected chi connectivity index (χ0v) is 12.3. The number of benzene rings is 1. The number of hydrogen-bond acceptors (Lipinski definition) is 2. The van der Waals surface area contributed by atoms with E-state index in [1.54, 1.807) is 13.1 Å². The number of nitrogens with zero attached hydrogens (tertiary/aromatic N) is 1. The summed E-state index contributed by atoms with van der Waals surface area (Å²) in [5, 5.41) is 4.17. The zero-order valence-electron chi connectivity index (χ0n) is 10.0. The Morgan fingerprint density at radius 1 is 1.44 bits per heavy atom. The number of rotatable bonds is 2. The van der Waals surface area contributed by atoms with Gasteiger partial charge in [0.05, 0.1) is 6.54 Å². The molecule has 0 unspecified atom stereocenters. The van der Waals surface area contributed by atoms with Gasteiger partial charge in [-0.15, -0.1) is 12.4 Å². The summed E-state index contributed by atoms with van der Waals surface area (Å²) in [5.74, 6) is 0.101. The predicted octanol–water partition coefficient (Wildman–Crippen LogP) is 2.52. The smallest absolute Gasteiger partial charge is 0.236 e. The summed E-state index contributed by atoms with van der Waals surface area (Å²) in [5.41, 5.74) is 2.17. The molecule has 0 radical (unpaired) electrons. The fraction of sp³-hybridized carbons (Fsp3) is 0.417. The van der Waals surface area contributed by atoms with Gasteiger partial charge < -0.3 is 10.2 Å². The van der Waals surface area contributed by atoms with Crippen LogP contribution < -0.4 is 5.32 Å². The Morgan fingerprint density at radius 3 is 2.83 bits per heavy atom. The minimum absolute atomic E-state index is 0. The summed E-state index contributed by atoms with van der Waals surface area (Å²) in [4.78, 5) is 13.6. The molecule has 1 aliphatic heterocycles. The molecule has 0 saturated heterocycles. The van der Waals surface area contributed by atoms with Gasteiger partial charge in [0.2, 0.25) is 5.91 Å². The van der Waals surface area contributed by atoms with Crippen molar-refractivity contribution >= 4 is 41.5 Å². The van der Waals surface area contributed by atoms with Crippen LogP contribution in [-0.2, 0) is 17.8 Å². The van der Waals surface area contributed by atoms with Gasteiger partial charge in [0.25, 0.3) is 0 Å². The maximum Gasteiger partial charge on any atom is 0.236 e. The van der Waals surface area contributed by atoms with Crippen molar-refractivity contribution in [1.29, 1.82) is 0 Å². The minimum Gasteiger partial charge on any atom is -0.337 e. The van der Waals surface area contributed by atoms with Crippen molar-refractivity contribution in [2.75, 3.05) is 20.1 Å². The Kier molecular flexibility index (Phi) is 5.73. The highest BCUT2D eigenvalue weighted by Crippen LogP contribution is 2.29. The van der Waals surface area contributed by atoms with E-state index in [9.17, 15) is 4.79 Å². The summed E-state index contributed by atoms with van der Waals surface area (Å²) < 4.78 is 0. The number of nitrogens with one attached hydrogen (secondary N) is 1. The third-order valence-corrected chi connectivity index (χ3v) is 3.49. The Hall–Kier alpha value is -0.480. The van der Waals surface area contributed by atoms with Gasteiger partial charge >= 0.3 is 0 Å². The van der Waals surface area contributed by atoms with E-state index in [1.165, 1.54) is 0 Å². The van der Waals surface area contributed by atoms with Gasteiger partial charge in [0, 0.05) is 23.1 Å². The quantitative estimate of drug-likeness (QED) is 0.910. The maximum atomic E-state index is 11.8. The van der Waals surface area contributed by atoms with Crippen LogP contribution in [0.15, 0.2) is 12.1 Å². The van der Waals surface area contributed by atoms with Crippen LogP contribution in [0.3, 0.4) is 0 Å². The van der Waals surface area contributed by atoms with Crippen molar-refractivity contribution in [2.45, 2.75) is 13.0 Å². The fourth-order valence-corrected chi connectivity index (χ4v) is 2.65. The second kappa shape index (κ2) is 6.62. The van der Waals surface area contributed by atoms with Gasteiger partial charge in [-0.25, -0.2) is 0 Å². The molecule has 1 aromatic carbocycles. The molecule has 0 spiro atoms. The molecule has 100 valence electrons. The Morgan fingerprint density at radius 2 is 2.17 bits per heavy atom. The van der Waals surface area contributed by atoms with Crippen LogP contribution in [0.4, 0.5) is 0 Å². The van der Waals surface area contributed by atoms with Gasteiger partial charge in [0.1, 0.15) is 0 Å². The molecule has 1 aromatic rings. The fourth-order valence-electron chi connectivity index (χ4n) is 2.06. The lowest BCUT2D eigenvalue weighted by atomic mass is 9.99. The average molecular weight is 310 g/mol. The molecule has 1 N–H and O–H groups in total. The topological polar surface area (TPSA) is 32.3 Å². The Bertz CT molecular complexity index is 451. The molecule has 1 amide bonds. The van der Waals surface area contributed by atoms with Crippen molar-refractivity contribution in [3.05, 3.63) is 33.3 Å². The van der Waals surface area contributed by atoms with Crippen LogP contribution in [0, 0.1) is 0 Å². The highest BCUT2D eigenvalue weighted by atomic mass is 35.5. The van der Waals surface area contributed by atoms with Gasteiger partial charge in [-0.05, 0) is 36.7 Å². The predicted molar refractivity (Wildman–Crippen MR) is 76.8 cm³/mol. The summed E-state index contributed by atoms with van der Waals surface area (Å²) in [6, 6.07) is 3.66. The third-order valence-electron chi connectivity index (χ3n) is 2.93. The molecule has 0 saturated carbocycles. The molecule has 0 aromatic heterocycles. The molecule has 6 heteroatoms. The van der Waals surface area contributed by atoms with Crippen LogP contribution in [0.25, 0.3) is 0 Å². The van der Waals surface area contributed by atoms with Gasteiger partial charge in [-0.3, -0.25) is 4.79 Å². The largest absolute Gasteiger partial charge is 0.337 e. The monoisotopic (exact) mass is 308 g/mol. The lowest BCUT2D eigenvalue weighted by Crippen LogP contribution is -2.40. The van der Waals surface area contributed by atoms with E-state index in [0.29, 0.717) is 23.1 Å². The second-order valence-corrected chi connectivity index (χ2v) is 4.96. The van der Waals surface area contributed by atoms with Crippen LogP contribution in [0.2, 0.25) is 10.0 Å². The average Bonchev–Trinajstić information content (AvgIpc) is 2.28. The molecule has 2 rings (SSSR count). The molecular formula is C12H15Cl3N2O. The van der Waals surface area contributed by atoms with Crippen molar-refractivity contribution in [3.63, 3.8) is 0 Å². The molecule has 0 atom stereocenters. The Labute approximate surface area is 123 Å². The third kappa shape index (κ3) is 3.29. The number of fused-ring (bicyclic) bond motifs is 1. The first kappa shape index (κ1) is 15.6. The molecule has 0 aliphatic carbocycles. The van der Waals surface area contributed by atoms with E-state index < -0.39 is 0 Å². The first-order valence-electron chi connectivity index (χ1n) is 5.51. The highest BCUT2D eigenvalue weighted by molar-refractivity contribution is 6.35. The Balaban J connectivity index is 0.00000162. The molecular weight excluding hydrogens is 295 g/mol. The summed E-state index contributed by atoms with van der Waals surface area (Å²) >= 11 is 12.1. The van der Waals surface area contributed by atoms with E-state index in [2.05, 4.69) is 5.32 Å². The first-order valence-corrected chi connectivity index (χ1v) is 6.26. The number of halogens is 3. The number of likely N-dealkylation sites (N-methyl/N-ethyl adjacent to an activating group) is 1. The normalized spacial score (nSPS) is 13.8. The number of carbonyl (C=O) groups is 1. The van der Waals surface area contributed by atoms with Gasteiger partial charge in [0.15, 0.2) is 0 Å². The van der Waals surface area contributed by atoms with E-state index >= 15 is 0 Å². The zero-order chi connectivity index (χ0) is 12.4. The van der Waals surface area contributed by atoms with Crippen molar-refractivity contribution in [1.82, 2.24) is 10.2 Å². The number of amides is 1. The van der Waals surface area contributed by atoms with Gasteiger partial charge in [-0.2, -0.15) is 0 Å². The molecule has 0 bridgehead atoms. The van der Waals surface area contributed by atoms with Crippen molar-refractivity contribution in [2.24, 2.45) is 0 Å². The van der Waals surface area contributed by atoms with Crippen LogP contribution in [0.1, 0.15) is 11.1 Å². The van der Waals surface area contributed by atoms with Crippen LogP contribution in [0.5, 0.6) is 0 Å². The van der Waals surface area contributed by atoms with E-state index in [-0.39, 0.29) is 18.3 Å². The first-order chi connectivity index (χ1) is 8.11.